The van der Waals surface area contributed by atoms with E-state index in [1.807, 2.05) is 72.8 Å². The molecule has 3 atom stereocenters. The molecule has 6 heteroatoms. The van der Waals surface area contributed by atoms with E-state index in [9.17, 15) is 9.18 Å². The third kappa shape index (κ3) is 5.49. The van der Waals surface area contributed by atoms with Crippen LogP contribution in [-0.4, -0.2) is 13.2 Å². The van der Waals surface area contributed by atoms with E-state index >= 15 is 0 Å². The van der Waals surface area contributed by atoms with Crippen LogP contribution in [0.5, 0.6) is 5.75 Å². The fraction of sp³-hybridized carbons (Fsp3) is 0.219. The predicted molar refractivity (Wildman–Crippen MR) is 146 cm³/mol. The van der Waals surface area contributed by atoms with Crippen molar-refractivity contribution in [2.75, 3.05) is 12.0 Å². The minimum absolute atomic E-state index is 0.0464. The molecule has 5 nitrogen and oxygen atoms in total. The highest BCUT2D eigenvalue weighted by molar-refractivity contribution is 5.70. The summed E-state index contributed by atoms with van der Waals surface area (Å²) < 4.78 is 25.3. The number of carbonyl (C=O) groups is 1. The molecular formula is C32H31FN2O3. The molecule has 4 aromatic rings. The third-order valence-corrected chi connectivity index (χ3v) is 7.11. The van der Waals surface area contributed by atoms with Crippen LogP contribution in [0.1, 0.15) is 41.3 Å². The number of carbonyl (C=O) groups excluding carboxylic acids is 1. The lowest BCUT2D eigenvalue weighted by Gasteiger charge is -2.47. The van der Waals surface area contributed by atoms with Crippen LogP contribution in [0.4, 0.5) is 14.9 Å². The lowest BCUT2D eigenvalue weighted by Crippen LogP contribution is -2.45. The normalized spacial score (nSPS) is 18.4. The zero-order chi connectivity index (χ0) is 26.5. The van der Waals surface area contributed by atoms with E-state index in [-0.39, 0.29) is 30.4 Å². The molecule has 0 saturated carbocycles. The highest BCUT2D eigenvalue weighted by Gasteiger charge is 2.40. The van der Waals surface area contributed by atoms with Crippen LogP contribution in [0, 0.1) is 11.7 Å². The molecule has 0 aromatic heterocycles. The summed E-state index contributed by atoms with van der Waals surface area (Å²) in [5, 5.41) is 3.14. The van der Waals surface area contributed by atoms with Crippen molar-refractivity contribution in [1.82, 2.24) is 5.32 Å². The number of fused-ring (bicyclic) bond motifs is 1. The molecule has 4 aromatic carbocycles. The molecule has 1 N–H and O–H groups in total. The summed E-state index contributed by atoms with van der Waals surface area (Å²) >= 11 is 0. The number of hydrogen-bond acceptors (Lipinski definition) is 4. The number of alkyl carbamates (subject to hydrolysis) is 1. The molecule has 0 spiro atoms. The van der Waals surface area contributed by atoms with Crippen molar-refractivity contribution in [1.29, 1.82) is 0 Å². The number of ether oxygens (including phenoxy) is 2. The van der Waals surface area contributed by atoms with E-state index in [4.69, 9.17) is 9.47 Å². The van der Waals surface area contributed by atoms with E-state index < -0.39 is 6.09 Å². The van der Waals surface area contributed by atoms with Gasteiger partial charge in [-0.25, -0.2) is 9.18 Å². The van der Waals surface area contributed by atoms with Crippen molar-refractivity contribution in [2.45, 2.75) is 32.2 Å². The number of hydrogen-bond donors (Lipinski definition) is 1. The van der Waals surface area contributed by atoms with E-state index in [2.05, 4.69) is 29.3 Å². The first kappa shape index (κ1) is 25.3. The topological polar surface area (TPSA) is 50.8 Å². The molecule has 1 aliphatic heterocycles. The highest BCUT2D eigenvalue weighted by Crippen LogP contribution is 2.49. The number of halogens is 1. The zero-order valence-electron chi connectivity index (χ0n) is 21.5. The Morgan fingerprint density at radius 3 is 2.32 bits per heavy atom. The summed E-state index contributed by atoms with van der Waals surface area (Å²) in [6.45, 7) is 2.82. The second-order valence-electron chi connectivity index (χ2n) is 9.58. The van der Waals surface area contributed by atoms with Crippen LogP contribution in [0.25, 0.3) is 0 Å². The summed E-state index contributed by atoms with van der Waals surface area (Å²) in [7, 11) is 1.63. The van der Waals surface area contributed by atoms with Gasteiger partial charge in [0.05, 0.1) is 19.2 Å². The Morgan fingerprint density at radius 2 is 1.61 bits per heavy atom. The standard InChI is InChI=1S/C32H31FN2O3/c1-22-30(34-32(36)38-21-23-10-5-3-6-11-23)28-19-27(37-2)16-17-29(28)35(20-24-12-9-15-26(33)18-24)31(22)25-13-7-4-8-14-25/h3-19,22,30-31H,20-21H2,1-2H3,(H,34,36)/t22-,30-,31-/m0/s1. The Morgan fingerprint density at radius 1 is 0.895 bits per heavy atom. The molecule has 0 bridgehead atoms. The van der Waals surface area contributed by atoms with Gasteiger partial charge in [0, 0.05) is 23.7 Å². The molecule has 1 heterocycles. The molecule has 38 heavy (non-hydrogen) atoms. The lowest BCUT2D eigenvalue weighted by molar-refractivity contribution is 0.129. The first-order valence-electron chi connectivity index (χ1n) is 12.7. The summed E-state index contributed by atoms with van der Waals surface area (Å²) in [6, 6.07) is 32.0. The maximum atomic E-state index is 14.1. The van der Waals surface area contributed by atoms with E-state index in [0.29, 0.717) is 12.3 Å². The lowest BCUT2D eigenvalue weighted by atomic mass is 9.79. The molecule has 0 saturated heterocycles. The number of nitrogens with zero attached hydrogens (tertiary/aromatic N) is 1. The van der Waals surface area contributed by atoms with Gasteiger partial charge in [0.2, 0.25) is 0 Å². The molecule has 0 aliphatic carbocycles. The fourth-order valence-corrected chi connectivity index (χ4v) is 5.32. The van der Waals surface area contributed by atoms with Gasteiger partial charge in [0.15, 0.2) is 0 Å². The quantitative estimate of drug-likeness (QED) is 0.286. The Bertz CT molecular complexity index is 1380. The molecule has 0 unspecified atom stereocenters. The Kier molecular flexibility index (Phi) is 7.59. The van der Waals surface area contributed by atoms with Gasteiger partial charge in [0.1, 0.15) is 18.2 Å². The van der Waals surface area contributed by atoms with Crippen molar-refractivity contribution in [3.63, 3.8) is 0 Å². The van der Waals surface area contributed by atoms with Crippen LogP contribution < -0.4 is 15.0 Å². The average Bonchev–Trinajstić information content (AvgIpc) is 2.95. The number of methoxy groups -OCH3 is 1. The summed E-state index contributed by atoms with van der Waals surface area (Å²) in [5.41, 5.74) is 4.79. The number of rotatable bonds is 7. The van der Waals surface area contributed by atoms with Gasteiger partial charge >= 0.3 is 6.09 Å². The second kappa shape index (κ2) is 11.4. The van der Waals surface area contributed by atoms with Crippen LogP contribution in [0.3, 0.4) is 0 Å². The Balaban J connectivity index is 1.52. The van der Waals surface area contributed by atoms with E-state index in [1.165, 1.54) is 6.07 Å². The minimum Gasteiger partial charge on any atom is -0.497 e. The first-order chi connectivity index (χ1) is 18.5. The summed E-state index contributed by atoms with van der Waals surface area (Å²) in [6.07, 6.45) is -0.482. The van der Waals surface area contributed by atoms with Gasteiger partial charge in [-0.05, 0) is 47.0 Å². The van der Waals surface area contributed by atoms with Crippen LogP contribution >= 0.6 is 0 Å². The number of amides is 1. The predicted octanol–water partition coefficient (Wildman–Crippen LogP) is 7.20. The number of nitrogens with one attached hydrogen (secondary N) is 1. The third-order valence-electron chi connectivity index (χ3n) is 7.11. The smallest absolute Gasteiger partial charge is 0.407 e. The molecule has 5 rings (SSSR count). The van der Waals surface area contributed by atoms with Crippen LogP contribution in [-0.2, 0) is 17.9 Å². The number of anilines is 1. The van der Waals surface area contributed by atoms with Crippen molar-refractivity contribution in [3.8, 4) is 5.75 Å². The van der Waals surface area contributed by atoms with E-state index in [1.54, 1.807) is 19.2 Å². The molecule has 0 radical (unpaired) electrons. The van der Waals surface area contributed by atoms with Gasteiger partial charge in [-0.2, -0.15) is 0 Å². The summed E-state index contributed by atoms with van der Waals surface area (Å²) in [5.74, 6) is 0.388. The monoisotopic (exact) mass is 510 g/mol. The molecule has 1 aliphatic rings. The molecular weight excluding hydrogens is 479 g/mol. The molecule has 194 valence electrons. The fourth-order valence-electron chi connectivity index (χ4n) is 5.32. The van der Waals surface area contributed by atoms with Gasteiger partial charge < -0.3 is 19.7 Å². The SMILES string of the molecule is COc1ccc2c(c1)[C@@H](NC(=O)OCc1ccccc1)[C@H](C)[C@@H](c1ccccc1)N2Cc1cccc(F)c1. The Hall–Kier alpha value is -4.32. The first-order valence-corrected chi connectivity index (χ1v) is 12.7. The van der Waals surface area contributed by atoms with Crippen molar-refractivity contribution in [3.05, 3.63) is 131 Å². The Labute approximate surface area is 222 Å². The minimum atomic E-state index is -0.482. The molecule has 0 fully saturated rings. The zero-order valence-corrected chi connectivity index (χ0v) is 21.5. The highest BCUT2D eigenvalue weighted by atomic mass is 19.1. The van der Waals surface area contributed by atoms with Crippen molar-refractivity contribution in [2.24, 2.45) is 5.92 Å². The summed E-state index contributed by atoms with van der Waals surface area (Å²) in [4.78, 5) is 15.3. The maximum absolute atomic E-state index is 14.1. The van der Waals surface area contributed by atoms with Gasteiger partial charge in [-0.3, -0.25) is 0 Å². The van der Waals surface area contributed by atoms with Crippen molar-refractivity contribution >= 4 is 11.8 Å². The average molecular weight is 511 g/mol. The van der Waals surface area contributed by atoms with Crippen molar-refractivity contribution < 1.29 is 18.7 Å². The second-order valence-corrected chi connectivity index (χ2v) is 9.58. The van der Waals surface area contributed by atoms with Gasteiger partial charge in [-0.1, -0.05) is 79.7 Å². The van der Waals surface area contributed by atoms with E-state index in [0.717, 1.165) is 27.9 Å². The van der Waals surface area contributed by atoms with Gasteiger partial charge in [0.25, 0.3) is 0 Å². The van der Waals surface area contributed by atoms with Gasteiger partial charge in [-0.15, -0.1) is 0 Å². The van der Waals surface area contributed by atoms with Crippen LogP contribution in [0.2, 0.25) is 0 Å². The number of benzene rings is 4. The van der Waals surface area contributed by atoms with Crippen LogP contribution in [0.15, 0.2) is 103 Å². The largest absolute Gasteiger partial charge is 0.497 e. The molecule has 1 amide bonds. The maximum Gasteiger partial charge on any atom is 0.407 e.